The number of fused-ring (bicyclic) bond motifs is 2. The molecule has 1 aliphatic carbocycles. The second kappa shape index (κ2) is 13.8. The molecule has 16 heteroatoms. The summed E-state index contributed by atoms with van der Waals surface area (Å²) in [5.74, 6) is -2.70. The Hall–Kier alpha value is -4.44. The van der Waals surface area contributed by atoms with Crippen molar-refractivity contribution in [2.24, 2.45) is 5.92 Å². The molecule has 3 N–H and O–H groups in total. The Kier molecular flexibility index (Phi) is 9.71. The van der Waals surface area contributed by atoms with Crippen LogP contribution in [0.5, 0.6) is 0 Å². The molecule has 2 aliphatic heterocycles. The number of rotatable bonds is 5. The summed E-state index contributed by atoms with van der Waals surface area (Å²) in [7, 11) is 0. The molecule has 1 unspecified atom stereocenters. The average Bonchev–Trinajstić information content (AvgIpc) is 3.56. The van der Waals surface area contributed by atoms with Gasteiger partial charge in [0.25, 0.3) is 5.56 Å². The van der Waals surface area contributed by atoms with Gasteiger partial charge in [0.1, 0.15) is 33.2 Å². The number of hydrogen-bond donors (Lipinski definition) is 3. The molecule has 5 atom stereocenters. The highest BCUT2D eigenvalue weighted by Crippen LogP contribution is 2.45. The number of aliphatic carboxylic acids is 1. The zero-order valence-corrected chi connectivity index (χ0v) is 29.1. The fourth-order valence-corrected chi connectivity index (χ4v) is 7.85. The SMILES string of the molecule is CC(C)(C)OC(=O)N[C@H]1CCCCC/C=C\C2C[C@@]2(C(=O)O)NC(=O)[C@@H]2C[C@@H](n3ncc(-c4nccs4)c(-c4nccs4)c3=O)CN2C1=O. The lowest BCUT2D eigenvalue weighted by Crippen LogP contribution is -2.56. The number of allylic oxidation sites excluding steroid dienone is 1. The van der Waals surface area contributed by atoms with Gasteiger partial charge in [-0.3, -0.25) is 14.4 Å². The predicted molar refractivity (Wildman–Crippen MR) is 182 cm³/mol. The first-order valence-corrected chi connectivity index (χ1v) is 18.1. The van der Waals surface area contributed by atoms with Gasteiger partial charge in [0.15, 0.2) is 0 Å². The number of hydrogen-bond acceptors (Lipinski definition) is 11. The van der Waals surface area contributed by atoms with Crippen LogP contribution in [0.2, 0.25) is 0 Å². The summed E-state index contributed by atoms with van der Waals surface area (Å²) in [6, 6.07) is -2.90. The third-order valence-electron chi connectivity index (χ3n) is 8.99. The average molecular weight is 710 g/mol. The molecule has 6 rings (SSSR count). The molecule has 2 fully saturated rings. The van der Waals surface area contributed by atoms with E-state index in [-0.39, 0.29) is 25.3 Å². The van der Waals surface area contributed by atoms with Gasteiger partial charge >= 0.3 is 12.1 Å². The molecule has 260 valence electrons. The normalized spacial score (nSPS) is 26.8. The molecular weight excluding hydrogens is 671 g/mol. The smallest absolute Gasteiger partial charge is 0.408 e. The minimum atomic E-state index is -1.49. The standard InChI is InChI=1S/C33H39N7O7S2/c1-32(2,3)47-31(46)37-22-10-8-6-4-5-7-9-19-16-33(19,30(44)45)38-25(41)23-15-20(18-39(23)28(22)42)40-29(43)24(27-35-12-14-49-27)21(17-36-40)26-34-11-13-48-26/h7,9,11-14,17,19-20,22-23H,4-6,8,10,15-16,18H2,1-3H3,(H,37,46)(H,38,41)(H,44,45)/b9-7-/t19?,20-,22+,23+,33-/m1/s1. The van der Waals surface area contributed by atoms with Crippen molar-refractivity contribution in [3.8, 4) is 21.1 Å². The lowest BCUT2D eigenvalue weighted by molar-refractivity contribution is -0.145. The number of carbonyl (C=O) groups excluding carboxylic acids is 3. The number of ether oxygens (including phenoxy) is 1. The van der Waals surface area contributed by atoms with Crippen LogP contribution in [0, 0.1) is 5.92 Å². The Morgan fingerprint density at radius 1 is 1.08 bits per heavy atom. The van der Waals surface area contributed by atoms with Crippen molar-refractivity contribution in [3.05, 3.63) is 51.9 Å². The highest BCUT2D eigenvalue weighted by atomic mass is 32.1. The van der Waals surface area contributed by atoms with Gasteiger partial charge in [-0.1, -0.05) is 25.0 Å². The van der Waals surface area contributed by atoms with E-state index in [0.717, 1.165) is 19.3 Å². The Morgan fingerprint density at radius 2 is 1.82 bits per heavy atom. The molecule has 3 amide bonds. The van der Waals surface area contributed by atoms with E-state index in [1.54, 1.807) is 50.1 Å². The van der Waals surface area contributed by atoms with Crippen molar-refractivity contribution in [1.82, 2.24) is 35.3 Å². The molecule has 5 heterocycles. The largest absolute Gasteiger partial charge is 0.479 e. The van der Waals surface area contributed by atoms with E-state index in [9.17, 15) is 29.1 Å². The van der Waals surface area contributed by atoms with Crippen LogP contribution < -0.4 is 16.2 Å². The van der Waals surface area contributed by atoms with Crippen LogP contribution in [0.1, 0.15) is 71.8 Å². The third kappa shape index (κ3) is 7.29. The molecule has 1 saturated carbocycles. The zero-order chi connectivity index (χ0) is 34.9. The first kappa shape index (κ1) is 34.4. The van der Waals surface area contributed by atoms with E-state index in [1.165, 1.54) is 32.3 Å². The molecule has 0 radical (unpaired) electrons. The number of carboxylic acid groups (broad SMARTS) is 1. The maximum absolute atomic E-state index is 14.4. The number of carbonyl (C=O) groups is 4. The molecule has 3 aromatic rings. The van der Waals surface area contributed by atoms with Gasteiger partial charge in [-0.15, -0.1) is 22.7 Å². The summed E-state index contributed by atoms with van der Waals surface area (Å²) in [4.78, 5) is 78.1. The van der Waals surface area contributed by atoms with E-state index < -0.39 is 58.7 Å². The first-order chi connectivity index (χ1) is 23.4. The van der Waals surface area contributed by atoms with Gasteiger partial charge in [-0.05, 0) is 46.5 Å². The van der Waals surface area contributed by atoms with Gasteiger partial charge in [-0.25, -0.2) is 24.2 Å². The third-order valence-corrected chi connectivity index (χ3v) is 10.6. The van der Waals surface area contributed by atoms with Gasteiger partial charge in [-0.2, -0.15) is 5.10 Å². The Bertz CT molecular complexity index is 1800. The number of thiazole rings is 2. The summed E-state index contributed by atoms with van der Waals surface area (Å²) in [5, 5.41) is 24.8. The van der Waals surface area contributed by atoms with Crippen LogP contribution >= 0.6 is 22.7 Å². The molecule has 14 nitrogen and oxygen atoms in total. The summed E-state index contributed by atoms with van der Waals surface area (Å²) >= 11 is 2.65. The van der Waals surface area contributed by atoms with Gasteiger partial charge in [0, 0.05) is 47.6 Å². The fraction of sp³-hybridized carbons (Fsp3) is 0.515. The Balaban J connectivity index is 1.38. The second-order valence-corrected chi connectivity index (χ2v) is 15.4. The van der Waals surface area contributed by atoms with Crippen LogP contribution in [-0.2, 0) is 19.1 Å². The van der Waals surface area contributed by atoms with E-state index in [1.807, 2.05) is 12.2 Å². The first-order valence-electron chi connectivity index (χ1n) is 16.3. The van der Waals surface area contributed by atoms with Crippen molar-refractivity contribution in [3.63, 3.8) is 0 Å². The van der Waals surface area contributed by atoms with E-state index >= 15 is 0 Å². The molecule has 1 saturated heterocycles. The summed E-state index contributed by atoms with van der Waals surface area (Å²) < 4.78 is 6.73. The summed E-state index contributed by atoms with van der Waals surface area (Å²) in [6.45, 7) is 5.08. The minimum absolute atomic E-state index is 0.00620. The maximum atomic E-state index is 14.4. The molecule has 0 aromatic carbocycles. The van der Waals surface area contributed by atoms with Crippen LogP contribution in [0.4, 0.5) is 4.79 Å². The van der Waals surface area contributed by atoms with E-state index in [0.29, 0.717) is 34.0 Å². The Labute approximate surface area is 290 Å². The quantitative estimate of drug-likeness (QED) is 0.327. The number of nitrogens with one attached hydrogen (secondary N) is 2. The predicted octanol–water partition coefficient (Wildman–Crippen LogP) is 4.01. The number of amides is 3. The van der Waals surface area contributed by atoms with Crippen molar-refractivity contribution in [1.29, 1.82) is 0 Å². The molecular formula is C33H39N7O7S2. The number of nitrogens with zero attached hydrogens (tertiary/aromatic N) is 5. The molecule has 0 spiro atoms. The molecule has 0 bridgehead atoms. The minimum Gasteiger partial charge on any atom is -0.479 e. The maximum Gasteiger partial charge on any atom is 0.408 e. The molecule has 3 aliphatic rings. The highest BCUT2D eigenvalue weighted by Gasteiger charge is 2.61. The summed E-state index contributed by atoms with van der Waals surface area (Å²) in [6.07, 6.45) is 11.2. The molecule has 3 aromatic heterocycles. The zero-order valence-electron chi connectivity index (χ0n) is 27.5. The van der Waals surface area contributed by atoms with Crippen molar-refractivity contribution in [2.75, 3.05) is 6.54 Å². The van der Waals surface area contributed by atoms with Crippen LogP contribution in [0.15, 0.2) is 46.3 Å². The van der Waals surface area contributed by atoms with Crippen molar-refractivity contribution < 1.29 is 29.0 Å². The van der Waals surface area contributed by atoms with E-state index in [4.69, 9.17) is 4.74 Å². The topological polar surface area (TPSA) is 186 Å². The van der Waals surface area contributed by atoms with Crippen LogP contribution in [0.3, 0.4) is 0 Å². The fourth-order valence-electron chi connectivity index (χ4n) is 6.50. The molecule has 49 heavy (non-hydrogen) atoms. The van der Waals surface area contributed by atoms with Gasteiger partial charge in [0.05, 0.1) is 17.8 Å². The monoisotopic (exact) mass is 709 g/mol. The number of aromatic nitrogens is 4. The van der Waals surface area contributed by atoms with Gasteiger partial charge in [0.2, 0.25) is 11.8 Å². The van der Waals surface area contributed by atoms with Crippen molar-refractivity contribution >= 4 is 46.6 Å². The number of alkyl carbamates (subject to hydrolysis) is 1. The lowest BCUT2D eigenvalue weighted by Gasteiger charge is -2.30. The van der Waals surface area contributed by atoms with Crippen LogP contribution in [-0.4, -0.2) is 83.4 Å². The number of carboxylic acids is 1. The van der Waals surface area contributed by atoms with Crippen molar-refractivity contribution in [2.45, 2.75) is 95.0 Å². The Morgan fingerprint density at radius 3 is 2.49 bits per heavy atom. The summed E-state index contributed by atoms with van der Waals surface area (Å²) in [5.41, 5.74) is -1.93. The second-order valence-electron chi connectivity index (χ2n) is 13.6. The van der Waals surface area contributed by atoms with Gasteiger partial charge < -0.3 is 25.4 Å². The van der Waals surface area contributed by atoms with E-state index in [2.05, 4.69) is 25.7 Å². The highest BCUT2D eigenvalue weighted by molar-refractivity contribution is 7.14. The lowest BCUT2D eigenvalue weighted by atomic mass is 10.0. The van der Waals surface area contributed by atoms with Crippen LogP contribution in [0.25, 0.3) is 21.1 Å².